The van der Waals surface area contributed by atoms with Gasteiger partial charge < -0.3 is 15.0 Å². The normalized spacial score (nSPS) is 20.8. The molecule has 28 heavy (non-hydrogen) atoms. The summed E-state index contributed by atoms with van der Waals surface area (Å²) in [5, 5.41) is 4.67. The lowest BCUT2D eigenvalue weighted by atomic mass is 9.94. The second kappa shape index (κ2) is 11.5. The molecule has 2 aliphatic rings. The number of methoxy groups -OCH3 is 1. The summed E-state index contributed by atoms with van der Waals surface area (Å²) >= 11 is 5.92. The Balaban J connectivity index is 1.64. The summed E-state index contributed by atoms with van der Waals surface area (Å²) in [5.74, 6) is 1.60. The van der Waals surface area contributed by atoms with Crippen LogP contribution >= 0.6 is 12.2 Å². The average molecular weight is 401 g/mol. The molecule has 1 unspecified atom stereocenters. The summed E-state index contributed by atoms with van der Waals surface area (Å²) < 4.78 is 5.31. The molecule has 1 fully saturated rings. The van der Waals surface area contributed by atoms with Crippen molar-refractivity contribution in [2.24, 2.45) is 5.92 Å². The van der Waals surface area contributed by atoms with Crippen molar-refractivity contribution in [3.05, 3.63) is 42.0 Å². The van der Waals surface area contributed by atoms with Crippen molar-refractivity contribution in [1.29, 1.82) is 0 Å². The highest BCUT2D eigenvalue weighted by atomic mass is 32.1. The largest absolute Gasteiger partial charge is 0.497 e. The van der Waals surface area contributed by atoms with Gasteiger partial charge in [0.2, 0.25) is 0 Å². The second-order valence-corrected chi connectivity index (χ2v) is 8.76. The molecule has 0 amide bonds. The van der Waals surface area contributed by atoms with Crippen LogP contribution < -0.4 is 10.1 Å². The number of ether oxygens (including phenoxy) is 1. The van der Waals surface area contributed by atoms with Gasteiger partial charge in [-0.05, 0) is 67.9 Å². The minimum absolute atomic E-state index is 0.539. The highest BCUT2D eigenvalue weighted by Crippen LogP contribution is 2.22. The average Bonchev–Trinajstić information content (AvgIpc) is 2.70. The molecule has 0 spiro atoms. The summed E-state index contributed by atoms with van der Waals surface area (Å²) in [6, 6.07) is 8.94. The molecule has 0 heterocycles. The van der Waals surface area contributed by atoms with E-state index in [1.54, 1.807) is 7.11 Å². The van der Waals surface area contributed by atoms with Gasteiger partial charge in [0, 0.05) is 19.1 Å². The minimum atomic E-state index is 0.539. The van der Waals surface area contributed by atoms with Crippen molar-refractivity contribution in [3.63, 3.8) is 0 Å². The first-order chi connectivity index (χ1) is 13.7. The van der Waals surface area contributed by atoms with E-state index >= 15 is 0 Å². The summed E-state index contributed by atoms with van der Waals surface area (Å²) in [5.41, 5.74) is 1.29. The van der Waals surface area contributed by atoms with Crippen molar-refractivity contribution in [2.75, 3.05) is 13.7 Å². The van der Waals surface area contributed by atoms with Gasteiger partial charge in [-0.25, -0.2) is 0 Å². The van der Waals surface area contributed by atoms with Crippen molar-refractivity contribution < 1.29 is 4.74 Å². The molecule has 4 heteroatoms. The number of nitrogens with zero attached hydrogens (tertiary/aromatic N) is 1. The number of hydrogen-bond acceptors (Lipinski definition) is 2. The van der Waals surface area contributed by atoms with E-state index < -0.39 is 0 Å². The summed E-state index contributed by atoms with van der Waals surface area (Å²) in [6.45, 7) is 1.90. The van der Waals surface area contributed by atoms with Gasteiger partial charge in [-0.1, -0.05) is 56.4 Å². The van der Waals surface area contributed by atoms with Gasteiger partial charge in [-0.3, -0.25) is 0 Å². The van der Waals surface area contributed by atoms with E-state index in [4.69, 9.17) is 17.0 Å². The van der Waals surface area contributed by atoms with Crippen LogP contribution in [0.15, 0.2) is 36.4 Å². The molecule has 1 saturated carbocycles. The molecule has 1 atom stereocenters. The molecule has 3 rings (SSSR count). The zero-order valence-corrected chi connectivity index (χ0v) is 18.2. The summed E-state index contributed by atoms with van der Waals surface area (Å²) in [4.78, 5) is 2.40. The fourth-order valence-electron chi connectivity index (χ4n) is 4.37. The lowest BCUT2D eigenvalue weighted by molar-refractivity contribution is 0.305. The molecule has 1 aromatic rings. The van der Waals surface area contributed by atoms with E-state index in [0.29, 0.717) is 12.0 Å². The minimum Gasteiger partial charge on any atom is -0.497 e. The molecule has 0 bridgehead atoms. The van der Waals surface area contributed by atoms with Crippen molar-refractivity contribution >= 4 is 17.3 Å². The molecule has 1 N–H and O–H groups in total. The lowest BCUT2D eigenvalue weighted by Gasteiger charge is -2.33. The predicted molar refractivity (Wildman–Crippen MR) is 122 cm³/mol. The Kier molecular flexibility index (Phi) is 8.66. The van der Waals surface area contributed by atoms with Gasteiger partial charge in [0.25, 0.3) is 0 Å². The number of nitrogens with one attached hydrogen (secondary N) is 1. The van der Waals surface area contributed by atoms with Gasteiger partial charge >= 0.3 is 0 Å². The van der Waals surface area contributed by atoms with E-state index in [1.165, 1.54) is 69.8 Å². The zero-order chi connectivity index (χ0) is 19.6. The fraction of sp³-hybridized carbons (Fsp3) is 0.625. The second-order valence-electron chi connectivity index (χ2n) is 8.37. The summed E-state index contributed by atoms with van der Waals surface area (Å²) in [6.07, 6.45) is 17.6. The quantitative estimate of drug-likeness (QED) is 0.479. The Bertz CT molecular complexity index is 620. The fourth-order valence-corrected chi connectivity index (χ4v) is 4.68. The first kappa shape index (κ1) is 21.2. The Morgan fingerprint density at radius 2 is 1.75 bits per heavy atom. The number of hydrogen-bond donors (Lipinski definition) is 1. The van der Waals surface area contributed by atoms with Crippen LogP contribution in [0.25, 0.3) is 0 Å². The Morgan fingerprint density at radius 1 is 1.04 bits per heavy atom. The molecule has 3 nitrogen and oxygen atoms in total. The van der Waals surface area contributed by atoms with Crippen LogP contribution in [0.3, 0.4) is 0 Å². The zero-order valence-electron chi connectivity index (χ0n) is 17.4. The van der Waals surface area contributed by atoms with E-state index in [1.807, 2.05) is 12.1 Å². The van der Waals surface area contributed by atoms with Crippen LogP contribution in [0, 0.1) is 5.92 Å². The van der Waals surface area contributed by atoms with E-state index in [0.717, 1.165) is 24.0 Å². The van der Waals surface area contributed by atoms with E-state index in [9.17, 15) is 0 Å². The number of rotatable bonds is 6. The standard InChI is InChI=1S/C24H36N2OS/c1-27-23-16-14-21(15-17-23)19-26(18-20-10-6-5-7-11-20)24(28)25-22-12-8-3-2-4-9-13-22/h5-6,14-17,20,22H,2-4,7-13,18-19H2,1H3,(H,25,28). The predicted octanol–water partition coefficient (Wildman–Crippen LogP) is 5.84. The van der Waals surface area contributed by atoms with Crippen molar-refractivity contribution in [1.82, 2.24) is 10.2 Å². The maximum atomic E-state index is 5.92. The third-order valence-electron chi connectivity index (χ3n) is 6.11. The van der Waals surface area contributed by atoms with Crippen LogP contribution in [-0.2, 0) is 6.54 Å². The molecule has 0 radical (unpaired) electrons. The number of thiocarbonyl (C=S) groups is 1. The van der Waals surface area contributed by atoms with Crippen molar-refractivity contribution in [3.8, 4) is 5.75 Å². The van der Waals surface area contributed by atoms with Crippen LogP contribution in [0.2, 0.25) is 0 Å². The molecule has 1 aromatic carbocycles. The van der Waals surface area contributed by atoms with Gasteiger partial charge in [0.05, 0.1) is 7.11 Å². The van der Waals surface area contributed by atoms with Gasteiger partial charge in [-0.2, -0.15) is 0 Å². The molecule has 0 saturated heterocycles. The molecule has 154 valence electrons. The molecule has 0 aliphatic heterocycles. The van der Waals surface area contributed by atoms with E-state index in [-0.39, 0.29) is 0 Å². The van der Waals surface area contributed by atoms with E-state index in [2.05, 4.69) is 34.5 Å². The van der Waals surface area contributed by atoms with Crippen LogP contribution in [-0.4, -0.2) is 29.7 Å². The Labute approximate surface area is 176 Å². The van der Waals surface area contributed by atoms with Crippen LogP contribution in [0.5, 0.6) is 5.75 Å². The smallest absolute Gasteiger partial charge is 0.169 e. The maximum absolute atomic E-state index is 5.92. The number of benzene rings is 1. The van der Waals surface area contributed by atoms with Gasteiger partial charge in [-0.15, -0.1) is 0 Å². The molecule has 2 aliphatic carbocycles. The van der Waals surface area contributed by atoms with Crippen LogP contribution in [0.1, 0.15) is 69.8 Å². The third kappa shape index (κ3) is 6.80. The monoisotopic (exact) mass is 400 g/mol. The first-order valence-corrected chi connectivity index (χ1v) is 11.5. The molecular weight excluding hydrogens is 364 g/mol. The molecule has 0 aromatic heterocycles. The Hall–Kier alpha value is -1.55. The number of allylic oxidation sites excluding steroid dienone is 2. The van der Waals surface area contributed by atoms with Crippen LogP contribution in [0.4, 0.5) is 0 Å². The first-order valence-electron chi connectivity index (χ1n) is 11.1. The Morgan fingerprint density at radius 3 is 2.39 bits per heavy atom. The SMILES string of the molecule is COc1ccc(CN(CC2CC=CCC2)C(=S)NC2CCCCCCC2)cc1. The summed E-state index contributed by atoms with van der Waals surface area (Å²) in [7, 11) is 1.71. The van der Waals surface area contributed by atoms with Gasteiger partial charge in [0.15, 0.2) is 5.11 Å². The topological polar surface area (TPSA) is 24.5 Å². The highest BCUT2D eigenvalue weighted by molar-refractivity contribution is 7.80. The lowest BCUT2D eigenvalue weighted by Crippen LogP contribution is -2.46. The van der Waals surface area contributed by atoms with Crippen molar-refractivity contribution in [2.45, 2.75) is 76.8 Å². The van der Waals surface area contributed by atoms with Gasteiger partial charge in [0.1, 0.15) is 5.75 Å². The molecular formula is C24H36N2OS. The highest BCUT2D eigenvalue weighted by Gasteiger charge is 2.20. The maximum Gasteiger partial charge on any atom is 0.169 e. The third-order valence-corrected chi connectivity index (χ3v) is 6.48.